The van der Waals surface area contributed by atoms with Crippen molar-refractivity contribution in [1.29, 1.82) is 0 Å². The number of rotatable bonds is 5. The van der Waals surface area contributed by atoms with Gasteiger partial charge in [0.2, 0.25) is 5.91 Å². The van der Waals surface area contributed by atoms with E-state index in [1.54, 1.807) is 12.1 Å². The molecule has 0 bridgehead atoms. The van der Waals surface area contributed by atoms with E-state index >= 15 is 0 Å². The number of benzene rings is 3. The molecule has 3 aromatic rings. The fourth-order valence-corrected chi connectivity index (χ4v) is 2.67. The Kier molecular flexibility index (Phi) is 4.87. The summed E-state index contributed by atoms with van der Waals surface area (Å²) in [6.45, 7) is 0.857. The van der Waals surface area contributed by atoms with Crippen molar-refractivity contribution in [3.63, 3.8) is 0 Å². The van der Waals surface area contributed by atoms with Crippen LogP contribution in [-0.2, 0) is 11.3 Å². The molecule has 0 aliphatic carbocycles. The predicted octanol–water partition coefficient (Wildman–Crippen LogP) is 4.05. The van der Waals surface area contributed by atoms with Gasteiger partial charge in [-0.25, -0.2) is 4.39 Å². The first kappa shape index (κ1) is 16.1. The molecule has 0 heterocycles. The molecule has 3 rings (SSSR count). The summed E-state index contributed by atoms with van der Waals surface area (Å²) in [6, 6.07) is 20.2. The Morgan fingerprint density at radius 2 is 1.71 bits per heavy atom. The van der Waals surface area contributed by atoms with Crippen LogP contribution in [0.4, 0.5) is 10.1 Å². The molecule has 0 unspecified atom stereocenters. The number of hydrogen-bond donors (Lipinski definition) is 1. The van der Waals surface area contributed by atoms with Crippen LogP contribution in [0.2, 0.25) is 0 Å². The second-order valence-corrected chi connectivity index (χ2v) is 5.91. The van der Waals surface area contributed by atoms with E-state index in [1.165, 1.54) is 12.1 Å². The fraction of sp³-hybridized carbons (Fsp3) is 0.150. The van der Waals surface area contributed by atoms with Crippen LogP contribution >= 0.6 is 0 Å². The normalized spacial score (nSPS) is 11.0. The minimum absolute atomic E-state index is 0.0742. The lowest BCUT2D eigenvalue weighted by Crippen LogP contribution is -2.29. The number of likely N-dealkylation sites (N-methyl/N-ethyl adjacent to an activating group) is 1. The molecule has 1 N–H and O–H groups in total. The summed E-state index contributed by atoms with van der Waals surface area (Å²) in [5.41, 5.74) is 1.76. The van der Waals surface area contributed by atoms with Gasteiger partial charge in [0.15, 0.2) is 0 Å². The summed E-state index contributed by atoms with van der Waals surface area (Å²) in [4.78, 5) is 14.1. The van der Waals surface area contributed by atoms with E-state index in [9.17, 15) is 9.18 Å². The number of carbonyl (C=O) groups is 1. The van der Waals surface area contributed by atoms with E-state index in [2.05, 4.69) is 5.32 Å². The van der Waals surface area contributed by atoms with Gasteiger partial charge >= 0.3 is 0 Å². The van der Waals surface area contributed by atoms with Crippen LogP contribution in [0.5, 0.6) is 0 Å². The number of amides is 1. The monoisotopic (exact) mass is 322 g/mol. The molecule has 0 aliphatic rings. The van der Waals surface area contributed by atoms with Gasteiger partial charge < -0.3 is 5.32 Å². The van der Waals surface area contributed by atoms with Crippen LogP contribution in [0.25, 0.3) is 10.8 Å². The van der Waals surface area contributed by atoms with Gasteiger partial charge in [0.1, 0.15) is 5.82 Å². The third-order valence-electron chi connectivity index (χ3n) is 3.81. The van der Waals surface area contributed by atoms with E-state index in [0.717, 1.165) is 22.0 Å². The second kappa shape index (κ2) is 7.23. The summed E-state index contributed by atoms with van der Waals surface area (Å²) in [5.74, 6) is -0.328. The van der Waals surface area contributed by atoms with Gasteiger partial charge in [0, 0.05) is 12.2 Å². The Morgan fingerprint density at radius 1 is 1.00 bits per heavy atom. The first-order valence-corrected chi connectivity index (χ1v) is 7.82. The number of nitrogens with zero attached hydrogens (tertiary/aromatic N) is 1. The zero-order valence-corrected chi connectivity index (χ0v) is 13.5. The van der Waals surface area contributed by atoms with Crippen molar-refractivity contribution >= 4 is 22.4 Å². The highest BCUT2D eigenvalue weighted by Gasteiger charge is 2.08. The molecule has 0 atom stereocenters. The molecule has 4 heteroatoms. The minimum atomic E-state index is -0.254. The summed E-state index contributed by atoms with van der Waals surface area (Å²) < 4.78 is 12.9. The zero-order chi connectivity index (χ0) is 16.9. The fourth-order valence-electron chi connectivity index (χ4n) is 2.67. The van der Waals surface area contributed by atoms with Crippen molar-refractivity contribution in [3.05, 3.63) is 78.1 Å². The van der Waals surface area contributed by atoms with Crippen LogP contribution in [-0.4, -0.2) is 24.4 Å². The van der Waals surface area contributed by atoms with Crippen LogP contribution in [0.15, 0.2) is 66.7 Å². The van der Waals surface area contributed by atoms with E-state index in [0.29, 0.717) is 6.54 Å². The average Bonchev–Trinajstić information content (AvgIpc) is 2.56. The third-order valence-corrected chi connectivity index (χ3v) is 3.81. The number of fused-ring (bicyclic) bond motifs is 1. The average molecular weight is 322 g/mol. The molecule has 0 radical (unpaired) electrons. The highest BCUT2D eigenvalue weighted by Crippen LogP contribution is 2.18. The van der Waals surface area contributed by atoms with Crippen molar-refractivity contribution in [2.45, 2.75) is 6.54 Å². The molecule has 1 amide bonds. The maximum absolute atomic E-state index is 12.9. The summed E-state index contributed by atoms with van der Waals surface area (Å²) in [6.07, 6.45) is 0. The largest absolute Gasteiger partial charge is 0.325 e. The Bertz CT molecular complexity index is 846. The number of anilines is 1. The minimum Gasteiger partial charge on any atom is -0.325 e. The van der Waals surface area contributed by atoms with Gasteiger partial charge in [-0.3, -0.25) is 9.69 Å². The summed E-state index contributed by atoms with van der Waals surface area (Å²) >= 11 is 0. The van der Waals surface area contributed by atoms with Crippen molar-refractivity contribution < 1.29 is 9.18 Å². The quantitative estimate of drug-likeness (QED) is 0.768. The standard InChI is InChI=1S/C20H19FN2O/c1-23(13-15-6-9-18(21)10-7-15)14-20(24)22-19-11-8-16-4-2-3-5-17(16)12-19/h2-12H,13-14H2,1H3,(H,22,24). The zero-order valence-electron chi connectivity index (χ0n) is 13.5. The number of nitrogens with one attached hydrogen (secondary N) is 1. The van der Waals surface area contributed by atoms with E-state index < -0.39 is 0 Å². The van der Waals surface area contributed by atoms with Gasteiger partial charge in [0.05, 0.1) is 6.54 Å². The first-order chi connectivity index (χ1) is 11.6. The van der Waals surface area contributed by atoms with Crippen LogP contribution in [0, 0.1) is 5.82 Å². The van der Waals surface area contributed by atoms with Crippen LogP contribution < -0.4 is 5.32 Å². The number of carbonyl (C=O) groups excluding carboxylic acids is 1. The molecular weight excluding hydrogens is 303 g/mol. The van der Waals surface area contributed by atoms with E-state index in [4.69, 9.17) is 0 Å². The SMILES string of the molecule is CN(CC(=O)Nc1ccc2ccccc2c1)Cc1ccc(F)cc1. The van der Waals surface area contributed by atoms with Crippen molar-refractivity contribution in [3.8, 4) is 0 Å². The molecular formula is C20H19FN2O. The Morgan fingerprint density at radius 3 is 2.46 bits per heavy atom. The number of halogens is 1. The lowest BCUT2D eigenvalue weighted by atomic mass is 10.1. The molecule has 0 aliphatic heterocycles. The molecule has 3 nitrogen and oxygen atoms in total. The Labute approximate surface area is 140 Å². The summed E-state index contributed by atoms with van der Waals surface area (Å²) in [5, 5.41) is 5.15. The second-order valence-electron chi connectivity index (χ2n) is 5.91. The topological polar surface area (TPSA) is 32.3 Å². The highest BCUT2D eigenvalue weighted by molar-refractivity contribution is 5.95. The Hall–Kier alpha value is -2.72. The molecule has 0 spiro atoms. The lowest BCUT2D eigenvalue weighted by molar-refractivity contribution is -0.117. The predicted molar refractivity (Wildman–Crippen MR) is 95.3 cm³/mol. The third kappa shape index (κ3) is 4.18. The maximum Gasteiger partial charge on any atom is 0.238 e. The van der Waals surface area contributed by atoms with Gasteiger partial charge in [-0.2, -0.15) is 0 Å². The van der Waals surface area contributed by atoms with Gasteiger partial charge in [0.25, 0.3) is 0 Å². The maximum atomic E-state index is 12.9. The van der Waals surface area contributed by atoms with Gasteiger partial charge in [-0.05, 0) is 47.6 Å². The molecule has 0 saturated carbocycles. The molecule has 122 valence electrons. The van der Waals surface area contributed by atoms with Crippen molar-refractivity contribution in [2.24, 2.45) is 0 Å². The summed E-state index contributed by atoms with van der Waals surface area (Å²) in [7, 11) is 1.86. The van der Waals surface area contributed by atoms with Crippen molar-refractivity contribution in [1.82, 2.24) is 4.90 Å². The van der Waals surface area contributed by atoms with E-state index in [-0.39, 0.29) is 18.3 Å². The van der Waals surface area contributed by atoms with Gasteiger partial charge in [-0.1, -0.05) is 42.5 Å². The van der Waals surface area contributed by atoms with Crippen molar-refractivity contribution in [2.75, 3.05) is 18.9 Å². The highest BCUT2D eigenvalue weighted by atomic mass is 19.1. The molecule has 3 aromatic carbocycles. The lowest BCUT2D eigenvalue weighted by Gasteiger charge is -2.16. The van der Waals surface area contributed by atoms with Crippen LogP contribution in [0.3, 0.4) is 0 Å². The molecule has 0 fully saturated rings. The molecule has 0 saturated heterocycles. The smallest absolute Gasteiger partial charge is 0.238 e. The number of hydrogen-bond acceptors (Lipinski definition) is 2. The Balaban J connectivity index is 1.58. The van der Waals surface area contributed by atoms with Crippen LogP contribution in [0.1, 0.15) is 5.56 Å². The first-order valence-electron chi connectivity index (χ1n) is 7.82. The van der Waals surface area contributed by atoms with E-state index in [1.807, 2.05) is 54.4 Å². The molecule has 24 heavy (non-hydrogen) atoms. The van der Waals surface area contributed by atoms with Gasteiger partial charge in [-0.15, -0.1) is 0 Å². The molecule has 0 aromatic heterocycles.